The maximum absolute atomic E-state index is 11.9. The molecule has 1 atom stereocenters. The van der Waals surface area contributed by atoms with Crippen molar-refractivity contribution < 1.29 is 19.5 Å². The molecule has 1 aromatic rings. The molecule has 1 aliphatic rings. The van der Waals surface area contributed by atoms with Crippen LogP contribution in [0.1, 0.15) is 28.8 Å². The van der Waals surface area contributed by atoms with Crippen molar-refractivity contribution in [3.05, 3.63) is 35.4 Å². The highest BCUT2D eigenvalue weighted by Crippen LogP contribution is 2.11. The molecular weight excluding hydrogens is 260 g/mol. The Morgan fingerprint density at radius 3 is 2.55 bits per heavy atom. The Hall–Kier alpha value is -2.37. The summed E-state index contributed by atoms with van der Waals surface area (Å²) in [6, 6.07) is 6.36. The predicted octanol–water partition coefficient (Wildman–Crippen LogP) is 0.527. The van der Waals surface area contributed by atoms with Crippen LogP contribution < -0.4 is 10.6 Å². The van der Waals surface area contributed by atoms with E-state index in [1.165, 1.54) is 12.1 Å². The fraction of sp³-hybridized carbons (Fsp3) is 0.357. The molecule has 0 bridgehead atoms. The molecule has 2 amide bonds. The van der Waals surface area contributed by atoms with Gasteiger partial charge in [0.15, 0.2) is 0 Å². The molecule has 1 fully saturated rings. The number of benzene rings is 1. The van der Waals surface area contributed by atoms with Crippen LogP contribution in [-0.2, 0) is 16.1 Å². The number of piperidine rings is 1. The molecule has 6 nitrogen and oxygen atoms in total. The lowest BCUT2D eigenvalue weighted by atomic mass is 9.98. The van der Waals surface area contributed by atoms with Crippen molar-refractivity contribution in [1.82, 2.24) is 10.6 Å². The van der Waals surface area contributed by atoms with Gasteiger partial charge in [0, 0.05) is 19.5 Å². The molecule has 0 spiro atoms. The minimum atomic E-state index is -0.974. The zero-order valence-electron chi connectivity index (χ0n) is 10.9. The minimum absolute atomic E-state index is 0.0155. The van der Waals surface area contributed by atoms with Crippen LogP contribution in [0.2, 0.25) is 0 Å². The van der Waals surface area contributed by atoms with Crippen LogP contribution in [0.3, 0.4) is 0 Å². The van der Waals surface area contributed by atoms with Crippen molar-refractivity contribution >= 4 is 17.8 Å². The number of carboxylic acid groups (broad SMARTS) is 1. The third-order valence-corrected chi connectivity index (χ3v) is 3.30. The van der Waals surface area contributed by atoms with Crippen molar-refractivity contribution in [3.63, 3.8) is 0 Å². The first-order chi connectivity index (χ1) is 9.56. The Bertz CT molecular complexity index is 514. The molecule has 0 saturated carbocycles. The SMILES string of the molecule is O=C1CC[C@@H](C(=O)NCc2ccc(C(=O)O)cc2)CN1. The topological polar surface area (TPSA) is 95.5 Å². The molecule has 1 aromatic carbocycles. The van der Waals surface area contributed by atoms with Crippen molar-refractivity contribution in [3.8, 4) is 0 Å². The lowest BCUT2D eigenvalue weighted by molar-refractivity contribution is -0.129. The molecule has 6 heteroatoms. The van der Waals surface area contributed by atoms with E-state index in [0.29, 0.717) is 25.9 Å². The molecule has 2 rings (SSSR count). The molecule has 0 radical (unpaired) electrons. The van der Waals surface area contributed by atoms with E-state index >= 15 is 0 Å². The monoisotopic (exact) mass is 276 g/mol. The van der Waals surface area contributed by atoms with Crippen LogP contribution in [0.25, 0.3) is 0 Å². The van der Waals surface area contributed by atoms with E-state index in [0.717, 1.165) is 5.56 Å². The number of hydrogen-bond acceptors (Lipinski definition) is 3. The standard InChI is InChI=1S/C14H16N2O4/c17-12-6-5-11(8-15-12)13(18)16-7-9-1-3-10(4-2-9)14(19)20/h1-4,11H,5-8H2,(H,15,17)(H,16,18)(H,19,20)/t11-/m1/s1. The highest BCUT2D eigenvalue weighted by molar-refractivity contribution is 5.87. The third-order valence-electron chi connectivity index (χ3n) is 3.30. The van der Waals surface area contributed by atoms with Gasteiger partial charge in [-0.1, -0.05) is 12.1 Å². The second-order valence-electron chi connectivity index (χ2n) is 4.76. The van der Waals surface area contributed by atoms with Crippen LogP contribution in [-0.4, -0.2) is 29.4 Å². The molecular formula is C14H16N2O4. The second-order valence-corrected chi connectivity index (χ2v) is 4.76. The van der Waals surface area contributed by atoms with Gasteiger partial charge in [0.05, 0.1) is 11.5 Å². The summed E-state index contributed by atoms with van der Waals surface area (Å²) in [7, 11) is 0. The van der Waals surface area contributed by atoms with E-state index in [9.17, 15) is 14.4 Å². The summed E-state index contributed by atoms with van der Waals surface area (Å²) in [5.41, 5.74) is 1.05. The number of aromatic carboxylic acids is 1. The number of carboxylic acids is 1. The summed E-state index contributed by atoms with van der Waals surface area (Å²) in [5, 5.41) is 14.2. The summed E-state index contributed by atoms with van der Waals surface area (Å²) < 4.78 is 0. The van der Waals surface area contributed by atoms with Gasteiger partial charge in [-0.05, 0) is 24.1 Å². The van der Waals surface area contributed by atoms with Gasteiger partial charge < -0.3 is 15.7 Å². The Kier molecular flexibility index (Phi) is 4.34. The van der Waals surface area contributed by atoms with E-state index in [4.69, 9.17) is 5.11 Å². The van der Waals surface area contributed by atoms with Gasteiger partial charge in [-0.2, -0.15) is 0 Å². The lowest BCUT2D eigenvalue weighted by Gasteiger charge is -2.21. The molecule has 20 heavy (non-hydrogen) atoms. The second kappa shape index (κ2) is 6.18. The number of rotatable bonds is 4. The highest BCUT2D eigenvalue weighted by atomic mass is 16.4. The summed E-state index contributed by atoms with van der Waals surface area (Å²) in [6.07, 6.45) is 0.945. The van der Waals surface area contributed by atoms with E-state index < -0.39 is 5.97 Å². The van der Waals surface area contributed by atoms with Gasteiger partial charge in [0.25, 0.3) is 0 Å². The van der Waals surface area contributed by atoms with Gasteiger partial charge in [-0.15, -0.1) is 0 Å². The molecule has 1 heterocycles. The average molecular weight is 276 g/mol. The fourth-order valence-electron chi connectivity index (χ4n) is 2.06. The molecule has 0 aliphatic carbocycles. The number of amides is 2. The average Bonchev–Trinajstić information content (AvgIpc) is 2.46. The predicted molar refractivity (Wildman–Crippen MR) is 71.0 cm³/mol. The Labute approximate surface area is 116 Å². The summed E-state index contributed by atoms with van der Waals surface area (Å²) in [4.78, 5) is 33.6. The molecule has 1 aliphatic heterocycles. The number of hydrogen-bond donors (Lipinski definition) is 3. The maximum Gasteiger partial charge on any atom is 0.335 e. The summed E-state index contributed by atoms with van der Waals surface area (Å²) in [5.74, 6) is -1.27. The van der Waals surface area contributed by atoms with E-state index in [1.54, 1.807) is 12.1 Å². The zero-order valence-corrected chi connectivity index (χ0v) is 10.9. The van der Waals surface area contributed by atoms with Gasteiger partial charge in [0.2, 0.25) is 11.8 Å². The fourth-order valence-corrected chi connectivity index (χ4v) is 2.06. The number of carbonyl (C=O) groups excluding carboxylic acids is 2. The van der Waals surface area contributed by atoms with Gasteiger partial charge in [-0.3, -0.25) is 9.59 Å². The van der Waals surface area contributed by atoms with Crippen LogP contribution >= 0.6 is 0 Å². The Morgan fingerprint density at radius 2 is 2.00 bits per heavy atom. The molecule has 0 unspecified atom stereocenters. The van der Waals surface area contributed by atoms with Crippen LogP contribution in [0.5, 0.6) is 0 Å². The Balaban J connectivity index is 1.84. The van der Waals surface area contributed by atoms with Gasteiger partial charge in [0.1, 0.15) is 0 Å². The van der Waals surface area contributed by atoms with Crippen molar-refractivity contribution in [2.45, 2.75) is 19.4 Å². The smallest absolute Gasteiger partial charge is 0.335 e. The summed E-state index contributed by atoms with van der Waals surface area (Å²) >= 11 is 0. The molecule has 3 N–H and O–H groups in total. The lowest BCUT2D eigenvalue weighted by Crippen LogP contribution is -2.42. The molecule has 1 saturated heterocycles. The normalized spacial score (nSPS) is 18.2. The number of nitrogens with one attached hydrogen (secondary N) is 2. The molecule has 106 valence electrons. The van der Waals surface area contributed by atoms with E-state index in [2.05, 4.69) is 10.6 Å². The minimum Gasteiger partial charge on any atom is -0.478 e. The first kappa shape index (κ1) is 14.0. The highest BCUT2D eigenvalue weighted by Gasteiger charge is 2.23. The van der Waals surface area contributed by atoms with E-state index in [1.807, 2.05) is 0 Å². The molecule has 0 aromatic heterocycles. The summed E-state index contributed by atoms with van der Waals surface area (Å²) in [6.45, 7) is 0.728. The van der Waals surface area contributed by atoms with Crippen molar-refractivity contribution in [2.75, 3.05) is 6.54 Å². The Morgan fingerprint density at radius 1 is 1.30 bits per heavy atom. The first-order valence-electron chi connectivity index (χ1n) is 6.43. The van der Waals surface area contributed by atoms with Gasteiger partial charge in [-0.25, -0.2) is 4.79 Å². The van der Waals surface area contributed by atoms with Crippen LogP contribution in [0.15, 0.2) is 24.3 Å². The number of carbonyl (C=O) groups is 3. The van der Waals surface area contributed by atoms with Crippen LogP contribution in [0, 0.1) is 5.92 Å². The largest absolute Gasteiger partial charge is 0.478 e. The van der Waals surface area contributed by atoms with Crippen LogP contribution in [0.4, 0.5) is 0 Å². The zero-order chi connectivity index (χ0) is 14.5. The van der Waals surface area contributed by atoms with Crippen molar-refractivity contribution in [1.29, 1.82) is 0 Å². The first-order valence-corrected chi connectivity index (χ1v) is 6.43. The maximum atomic E-state index is 11.9. The van der Waals surface area contributed by atoms with Gasteiger partial charge >= 0.3 is 5.97 Å². The van der Waals surface area contributed by atoms with E-state index in [-0.39, 0.29) is 23.3 Å². The quantitative estimate of drug-likeness (QED) is 0.747. The third kappa shape index (κ3) is 3.57. The van der Waals surface area contributed by atoms with Crippen molar-refractivity contribution in [2.24, 2.45) is 5.92 Å².